The summed E-state index contributed by atoms with van der Waals surface area (Å²) < 4.78 is 5.11. The van der Waals surface area contributed by atoms with Gasteiger partial charge in [0.2, 0.25) is 5.91 Å². The minimum atomic E-state index is 0.0891. The van der Waals surface area contributed by atoms with E-state index < -0.39 is 0 Å². The topological polar surface area (TPSA) is 54.5 Å². The molecule has 2 heterocycles. The van der Waals surface area contributed by atoms with Crippen LogP contribution in [0.2, 0.25) is 0 Å². The lowest BCUT2D eigenvalue weighted by molar-refractivity contribution is -0.136. The van der Waals surface area contributed by atoms with Crippen LogP contribution in [0.3, 0.4) is 0 Å². The number of rotatable bonds is 7. The Bertz CT molecular complexity index is 504. The summed E-state index contributed by atoms with van der Waals surface area (Å²) >= 11 is 1.65. The van der Waals surface area contributed by atoms with E-state index in [4.69, 9.17) is 4.74 Å². The first-order chi connectivity index (χ1) is 11.0. The van der Waals surface area contributed by atoms with E-state index in [0.717, 1.165) is 43.2 Å². The normalized spacial score (nSPS) is 21.9. The number of piperidine rings is 1. The van der Waals surface area contributed by atoms with Crippen molar-refractivity contribution in [2.75, 3.05) is 20.2 Å². The SMILES string of the molecule is CC[C@H]1CN(C(=O)C(C)C)CC[C@@H]1NCc1csc(COC)n1. The molecule has 1 saturated heterocycles. The number of likely N-dealkylation sites (tertiary alicyclic amines) is 1. The molecule has 130 valence electrons. The van der Waals surface area contributed by atoms with Gasteiger partial charge in [-0.15, -0.1) is 11.3 Å². The van der Waals surface area contributed by atoms with Gasteiger partial charge in [0.1, 0.15) is 5.01 Å². The van der Waals surface area contributed by atoms with Crippen LogP contribution in [0.15, 0.2) is 5.38 Å². The molecule has 1 amide bonds. The van der Waals surface area contributed by atoms with Crippen molar-refractivity contribution in [3.63, 3.8) is 0 Å². The van der Waals surface area contributed by atoms with Crippen molar-refractivity contribution in [3.8, 4) is 0 Å². The average molecular weight is 340 g/mol. The van der Waals surface area contributed by atoms with Gasteiger partial charge in [-0.25, -0.2) is 4.98 Å². The molecule has 2 atom stereocenters. The molecule has 23 heavy (non-hydrogen) atoms. The van der Waals surface area contributed by atoms with E-state index in [1.807, 2.05) is 18.7 Å². The van der Waals surface area contributed by atoms with Crippen LogP contribution in [0.1, 0.15) is 44.3 Å². The highest BCUT2D eigenvalue weighted by molar-refractivity contribution is 7.09. The summed E-state index contributed by atoms with van der Waals surface area (Å²) in [5.74, 6) is 0.889. The number of ether oxygens (including phenoxy) is 1. The fourth-order valence-corrected chi connectivity index (χ4v) is 3.90. The zero-order valence-corrected chi connectivity index (χ0v) is 15.5. The second-order valence-corrected chi connectivity index (χ2v) is 7.49. The van der Waals surface area contributed by atoms with Gasteiger partial charge in [-0.05, 0) is 12.3 Å². The summed E-state index contributed by atoms with van der Waals surface area (Å²) in [6.07, 6.45) is 2.11. The van der Waals surface area contributed by atoms with E-state index in [1.165, 1.54) is 0 Å². The molecule has 1 aromatic rings. The number of hydrogen-bond donors (Lipinski definition) is 1. The number of methoxy groups -OCH3 is 1. The van der Waals surface area contributed by atoms with Crippen LogP contribution in [-0.2, 0) is 22.7 Å². The van der Waals surface area contributed by atoms with Gasteiger partial charge >= 0.3 is 0 Å². The van der Waals surface area contributed by atoms with E-state index in [-0.39, 0.29) is 11.8 Å². The third-order valence-corrected chi connectivity index (χ3v) is 5.35. The molecule has 0 radical (unpaired) electrons. The van der Waals surface area contributed by atoms with Crippen LogP contribution in [0.4, 0.5) is 0 Å². The molecule has 0 unspecified atom stereocenters. The molecule has 6 heteroatoms. The number of aromatic nitrogens is 1. The Morgan fingerprint density at radius 1 is 1.57 bits per heavy atom. The second kappa shape index (κ2) is 8.76. The van der Waals surface area contributed by atoms with Crippen molar-refractivity contribution in [1.82, 2.24) is 15.2 Å². The molecule has 0 bridgehead atoms. The summed E-state index contributed by atoms with van der Waals surface area (Å²) in [6, 6.07) is 0.462. The number of carbonyl (C=O) groups excluding carboxylic acids is 1. The summed E-state index contributed by atoms with van der Waals surface area (Å²) in [7, 11) is 1.69. The maximum Gasteiger partial charge on any atom is 0.225 e. The Hall–Kier alpha value is -0.980. The van der Waals surface area contributed by atoms with Crippen molar-refractivity contribution >= 4 is 17.2 Å². The van der Waals surface area contributed by atoms with Crippen molar-refractivity contribution in [2.45, 2.75) is 52.8 Å². The molecule has 1 aliphatic rings. The largest absolute Gasteiger partial charge is 0.378 e. The van der Waals surface area contributed by atoms with Crippen LogP contribution in [0, 0.1) is 11.8 Å². The van der Waals surface area contributed by atoms with Crippen LogP contribution in [0.5, 0.6) is 0 Å². The first-order valence-corrected chi connectivity index (χ1v) is 9.37. The highest BCUT2D eigenvalue weighted by Crippen LogP contribution is 2.22. The highest BCUT2D eigenvalue weighted by atomic mass is 32.1. The van der Waals surface area contributed by atoms with Gasteiger partial charge in [-0.1, -0.05) is 27.2 Å². The molecular formula is C17H29N3O2S. The van der Waals surface area contributed by atoms with E-state index in [9.17, 15) is 4.79 Å². The summed E-state index contributed by atoms with van der Waals surface area (Å²) in [5, 5.41) is 6.77. The maximum atomic E-state index is 12.2. The number of carbonyl (C=O) groups is 1. The molecule has 2 rings (SSSR count). The smallest absolute Gasteiger partial charge is 0.225 e. The minimum Gasteiger partial charge on any atom is -0.378 e. The number of thiazole rings is 1. The predicted molar refractivity (Wildman–Crippen MR) is 93.3 cm³/mol. The maximum absolute atomic E-state index is 12.2. The lowest BCUT2D eigenvalue weighted by atomic mass is 9.89. The molecule has 0 saturated carbocycles. The molecule has 0 aromatic carbocycles. The number of hydrogen-bond acceptors (Lipinski definition) is 5. The highest BCUT2D eigenvalue weighted by Gasteiger charge is 2.30. The molecule has 1 fully saturated rings. The summed E-state index contributed by atoms with van der Waals surface area (Å²) in [6.45, 7) is 9.27. The minimum absolute atomic E-state index is 0.0891. The van der Waals surface area contributed by atoms with E-state index in [1.54, 1.807) is 18.4 Å². The number of nitrogens with zero attached hydrogens (tertiary/aromatic N) is 2. The lowest BCUT2D eigenvalue weighted by Gasteiger charge is -2.39. The monoisotopic (exact) mass is 339 g/mol. The van der Waals surface area contributed by atoms with Crippen LogP contribution >= 0.6 is 11.3 Å². The van der Waals surface area contributed by atoms with Gasteiger partial charge in [0.15, 0.2) is 0 Å². The van der Waals surface area contributed by atoms with E-state index >= 15 is 0 Å². The predicted octanol–water partition coefficient (Wildman–Crippen LogP) is 2.66. The molecule has 1 aliphatic heterocycles. The van der Waals surface area contributed by atoms with Crippen LogP contribution < -0.4 is 5.32 Å². The van der Waals surface area contributed by atoms with Crippen LogP contribution in [0.25, 0.3) is 0 Å². The Labute approximate surface area is 143 Å². The molecule has 0 aliphatic carbocycles. The molecule has 1 aromatic heterocycles. The van der Waals surface area contributed by atoms with Crippen molar-refractivity contribution < 1.29 is 9.53 Å². The third kappa shape index (κ3) is 4.99. The summed E-state index contributed by atoms with van der Waals surface area (Å²) in [4.78, 5) is 18.8. The van der Waals surface area contributed by atoms with Gasteiger partial charge in [-0.3, -0.25) is 4.79 Å². The zero-order valence-electron chi connectivity index (χ0n) is 14.7. The summed E-state index contributed by atoms with van der Waals surface area (Å²) in [5.41, 5.74) is 1.08. The van der Waals surface area contributed by atoms with Gasteiger partial charge < -0.3 is 15.0 Å². The third-order valence-electron chi connectivity index (χ3n) is 4.48. The lowest BCUT2D eigenvalue weighted by Crippen LogP contribution is -2.51. The number of nitrogens with one attached hydrogen (secondary N) is 1. The quantitative estimate of drug-likeness (QED) is 0.830. The average Bonchev–Trinajstić information content (AvgIpc) is 3.00. The number of amides is 1. The molecule has 5 nitrogen and oxygen atoms in total. The van der Waals surface area contributed by atoms with Gasteiger partial charge in [0, 0.05) is 44.1 Å². The Balaban J connectivity index is 1.86. The van der Waals surface area contributed by atoms with Crippen LogP contribution in [-0.4, -0.2) is 42.0 Å². The van der Waals surface area contributed by atoms with Crippen molar-refractivity contribution in [2.24, 2.45) is 11.8 Å². The second-order valence-electron chi connectivity index (χ2n) is 6.55. The Morgan fingerprint density at radius 2 is 2.35 bits per heavy atom. The molecule has 1 N–H and O–H groups in total. The molecular weight excluding hydrogens is 310 g/mol. The zero-order chi connectivity index (χ0) is 16.8. The van der Waals surface area contributed by atoms with E-state index in [0.29, 0.717) is 18.6 Å². The standard InChI is InChI=1S/C17H29N3O2S/c1-5-13-9-20(17(21)12(2)3)7-6-15(13)18-8-14-11-23-16(19-14)10-22-4/h11-13,15,18H,5-10H2,1-4H3/t13-,15-/m0/s1. The van der Waals surface area contributed by atoms with E-state index in [2.05, 4.69) is 22.6 Å². The Morgan fingerprint density at radius 3 is 3.00 bits per heavy atom. The first-order valence-electron chi connectivity index (χ1n) is 8.49. The fraction of sp³-hybridized carbons (Fsp3) is 0.765. The van der Waals surface area contributed by atoms with Crippen molar-refractivity contribution in [1.29, 1.82) is 0 Å². The first kappa shape index (κ1) is 18.4. The van der Waals surface area contributed by atoms with Gasteiger partial charge in [-0.2, -0.15) is 0 Å². The Kier molecular flexibility index (Phi) is 6.99. The van der Waals surface area contributed by atoms with Gasteiger partial charge in [0.25, 0.3) is 0 Å². The van der Waals surface area contributed by atoms with Gasteiger partial charge in [0.05, 0.1) is 12.3 Å². The molecule has 0 spiro atoms. The van der Waals surface area contributed by atoms with Crippen molar-refractivity contribution in [3.05, 3.63) is 16.1 Å². The fourth-order valence-electron chi connectivity index (χ4n) is 3.14.